The van der Waals surface area contributed by atoms with Crippen LogP contribution in [-0.2, 0) is 10.0 Å². The van der Waals surface area contributed by atoms with Crippen LogP contribution < -0.4 is 14.5 Å². The van der Waals surface area contributed by atoms with Crippen LogP contribution in [0.3, 0.4) is 0 Å². The molecular weight excluding hydrogens is 454 g/mol. The molecule has 34 heavy (non-hydrogen) atoms. The summed E-state index contributed by atoms with van der Waals surface area (Å²) in [7, 11) is -2.56. The second-order valence-corrected chi connectivity index (χ2v) is 9.87. The first kappa shape index (κ1) is 25.3. The molecule has 0 bridgehead atoms. The molecule has 1 heterocycles. The Labute approximate surface area is 200 Å². The first-order valence-corrected chi connectivity index (χ1v) is 12.9. The van der Waals surface area contributed by atoms with E-state index in [-0.39, 0.29) is 21.8 Å². The van der Waals surface area contributed by atoms with Gasteiger partial charge in [0.2, 0.25) is 5.43 Å². The van der Waals surface area contributed by atoms with Gasteiger partial charge in [0.25, 0.3) is 15.9 Å². The smallest absolute Gasteiger partial charge is 0.264 e. The summed E-state index contributed by atoms with van der Waals surface area (Å²) in [5.74, 6) is 0.0809. The van der Waals surface area contributed by atoms with Gasteiger partial charge in [-0.25, -0.2) is 8.42 Å². The molecule has 0 fully saturated rings. The largest absolute Gasteiger partial charge is 0.492 e. The summed E-state index contributed by atoms with van der Waals surface area (Å²) in [6.45, 7) is 7.24. The Morgan fingerprint density at radius 2 is 1.71 bits per heavy atom. The fourth-order valence-electron chi connectivity index (χ4n) is 3.82. The zero-order valence-corrected chi connectivity index (χ0v) is 20.8. The van der Waals surface area contributed by atoms with Gasteiger partial charge in [-0.2, -0.15) is 0 Å². The van der Waals surface area contributed by atoms with Gasteiger partial charge >= 0.3 is 0 Å². The number of carbonyl (C=O) groups is 1. The zero-order chi connectivity index (χ0) is 24.9. The van der Waals surface area contributed by atoms with Crippen LogP contribution in [0.25, 0.3) is 10.9 Å². The molecule has 0 unspecified atom stereocenters. The highest BCUT2D eigenvalue weighted by atomic mass is 32.2. The molecule has 0 aliphatic rings. The number of rotatable bonds is 10. The summed E-state index contributed by atoms with van der Waals surface area (Å²) < 4.78 is 33.6. The summed E-state index contributed by atoms with van der Waals surface area (Å²) >= 11 is 0. The number of aromatic nitrogens is 1. The number of hydrogen-bond donors (Lipinski definition) is 1. The minimum absolute atomic E-state index is 0.000932. The van der Waals surface area contributed by atoms with E-state index >= 15 is 0 Å². The fraction of sp³-hybridized carbons (Fsp3) is 0.360. The van der Waals surface area contributed by atoms with E-state index in [1.165, 1.54) is 31.4 Å². The molecule has 0 aliphatic heterocycles. The van der Waals surface area contributed by atoms with Crippen molar-refractivity contribution in [3.8, 4) is 5.75 Å². The van der Waals surface area contributed by atoms with Crippen LogP contribution in [-0.4, -0.2) is 51.0 Å². The van der Waals surface area contributed by atoms with Crippen LogP contribution in [0, 0.1) is 0 Å². The van der Waals surface area contributed by atoms with Crippen molar-refractivity contribution in [3.63, 3.8) is 0 Å². The van der Waals surface area contributed by atoms with Gasteiger partial charge in [-0.3, -0.25) is 13.9 Å². The lowest BCUT2D eigenvalue weighted by atomic mass is 10.1. The summed E-state index contributed by atoms with van der Waals surface area (Å²) in [5.41, 5.74) is 0.344. The molecule has 8 nitrogen and oxygen atoms in total. The maximum absolute atomic E-state index is 13.4. The standard InChI is InChI=1S/C25H31N3O5S/c1-5-14-28(15-6-2)25(30)20-17-26-21-13-12-18(16-19(21)24(20)29)34(31,32)27(4)22-10-8-9-11-23(22)33-7-3/h8-13,16-17H,5-7,14-15H2,1-4H3,(H,26,29). The monoisotopic (exact) mass is 485 g/mol. The molecule has 0 radical (unpaired) electrons. The van der Waals surface area contributed by atoms with E-state index < -0.39 is 15.5 Å². The van der Waals surface area contributed by atoms with Crippen molar-refractivity contribution in [1.82, 2.24) is 9.88 Å². The molecular formula is C25H31N3O5S. The summed E-state index contributed by atoms with van der Waals surface area (Å²) in [4.78, 5) is 30.8. The molecule has 0 aliphatic carbocycles. The highest BCUT2D eigenvalue weighted by molar-refractivity contribution is 7.92. The predicted molar refractivity (Wildman–Crippen MR) is 134 cm³/mol. The highest BCUT2D eigenvalue weighted by Crippen LogP contribution is 2.31. The topological polar surface area (TPSA) is 99.8 Å². The van der Waals surface area contributed by atoms with Gasteiger partial charge in [0.15, 0.2) is 0 Å². The van der Waals surface area contributed by atoms with E-state index in [2.05, 4.69) is 4.98 Å². The van der Waals surface area contributed by atoms with Gasteiger partial charge in [0.05, 0.1) is 17.2 Å². The number of nitrogens with one attached hydrogen (secondary N) is 1. The quantitative estimate of drug-likeness (QED) is 0.468. The lowest BCUT2D eigenvalue weighted by molar-refractivity contribution is 0.0754. The summed E-state index contributed by atoms with van der Waals surface area (Å²) in [5, 5.41) is 0.145. The maximum Gasteiger partial charge on any atom is 0.264 e. The van der Waals surface area contributed by atoms with Gasteiger partial charge in [0, 0.05) is 37.2 Å². The molecule has 0 saturated carbocycles. The molecule has 182 valence electrons. The fourth-order valence-corrected chi connectivity index (χ4v) is 5.06. The number of nitrogens with zero attached hydrogens (tertiary/aromatic N) is 2. The van der Waals surface area contributed by atoms with E-state index in [4.69, 9.17) is 4.74 Å². The number of para-hydroxylation sites is 2. The summed E-state index contributed by atoms with van der Waals surface area (Å²) in [6, 6.07) is 11.2. The van der Waals surface area contributed by atoms with E-state index in [1.807, 2.05) is 20.8 Å². The number of fused-ring (bicyclic) bond motifs is 1. The van der Waals surface area contributed by atoms with E-state index in [0.717, 1.165) is 17.1 Å². The van der Waals surface area contributed by atoms with Crippen LogP contribution >= 0.6 is 0 Å². The maximum atomic E-state index is 13.4. The van der Waals surface area contributed by atoms with Gasteiger partial charge < -0.3 is 14.6 Å². The van der Waals surface area contributed by atoms with Crippen molar-refractivity contribution in [1.29, 1.82) is 0 Å². The molecule has 2 aromatic carbocycles. The second-order valence-electron chi connectivity index (χ2n) is 7.90. The van der Waals surface area contributed by atoms with Gasteiger partial charge in [0.1, 0.15) is 11.3 Å². The minimum atomic E-state index is -4.00. The summed E-state index contributed by atoms with van der Waals surface area (Å²) in [6.07, 6.45) is 2.95. The number of ether oxygens (including phenoxy) is 1. The molecule has 3 aromatic rings. The lowest BCUT2D eigenvalue weighted by Gasteiger charge is -2.22. The van der Waals surface area contributed by atoms with Gasteiger partial charge in [-0.15, -0.1) is 0 Å². The number of sulfonamides is 1. The Morgan fingerprint density at radius 3 is 2.35 bits per heavy atom. The molecule has 0 spiro atoms. The minimum Gasteiger partial charge on any atom is -0.492 e. The predicted octanol–water partition coefficient (Wildman–Crippen LogP) is 4.01. The Morgan fingerprint density at radius 1 is 1.03 bits per heavy atom. The highest BCUT2D eigenvalue weighted by Gasteiger charge is 2.25. The molecule has 1 amide bonds. The number of amides is 1. The van der Waals surface area contributed by atoms with E-state index in [9.17, 15) is 18.0 Å². The Hall–Kier alpha value is -3.33. The molecule has 9 heteroatoms. The van der Waals surface area contributed by atoms with Crippen LogP contribution in [0.2, 0.25) is 0 Å². The Bertz CT molecular complexity index is 1330. The van der Waals surface area contributed by atoms with E-state index in [1.54, 1.807) is 29.2 Å². The Kier molecular flexibility index (Phi) is 7.98. The van der Waals surface area contributed by atoms with Crippen molar-refractivity contribution in [2.45, 2.75) is 38.5 Å². The van der Waals surface area contributed by atoms with Crippen LogP contribution in [0.1, 0.15) is 44.0 Å². The first-order valence-electron chi connectivity index (χ1n) is 11.4. The van der Waals surface area contributed by atoms with Crippen LogP contribution in [0.15, 0.2) is 58.4 Å². The number of H-pyrrole nitrogens is 1. The number of carbonyl (C=O) groups excluding carboxylic acids is 1. The molecule has 1 N–H and O–H groups in total. The molecule has 0 saturated heterocycles. The number of anilines is 1. The van der Waals surface area contributed by atoms with E-state index in [0.29, 0.717) is 36.6 Å². The first-order chi connectivity index (χ1) is 16.3. The van der Waals surface area contributed by atoms with Crippen LogP contribution in [0.5, 0.6) is 5.75 Å². The zero-order valence-electron chi connectivity index (χ0n) is 20.0. The van der Waals surface area contributed by atoms with Crippen molar-refractivity contribution < 1.29 is 17.9 Å². The Balaban J connectivity index is 2.07. The number of hydrogen-bond acceptors (Lipinski definition) is 5. The molecule has 0 atom stereocenters. The number of benzene rings is 2. The van der Waals surface area contributed by atoms with Crippen molar-refractivity contribution >= 4 is 32.5 Å². The van der Waals surface area contributed by atoms with Crippen molar-refractivity contribution in [2.24, 2.45) is 0 Å². The number of aromatic amines is 1. The molecule has 1 aromatic heterocycles. The average Bonchev–Trinajstić information content (AvgIpc) is 2.83. The normalized spacial score (nSPS) is 11.4. The van der Waals surface area contributed by atoms with Crippen LogP contribution in [0.4, 0.5) is 5.69 Å². The second kappa shape index (κ2) is 10.7. The molecule has 3 rings (SSSR count). The third kappa shape index (κ3) is 4.94. The SMILES string of the molecule is CCCN(CCC)C(=O)c1c[nH]c2ccc(S(=O)(=O)N(C)c3ccccc3OCC)cc2c1=O. The van der Waals surface area contributed by atoms with Gasteiger partial charge in [-0.05, 0) is 50.1 Å². The van der Waals surface area contributed by atoms with Crippen molar-refractivity contribution in [3.05, 3.63) is 64.4 Å². The van der Waals surface area contributed by atoms with Gasteiger partial charge in [-0.1, -0.05) is 26.0 Å². The third-order valence-electron chi connectivity index (χ3n) is 5.52. The van der Waals surface area contributed by atoms with Crippen molar-refractivity contribution in [2.75, 3.05) is 31.0 Å². The lowest BCUT2D eigenvalue weighted by Crippen LogP contribution is -2.35. The average molecular weight is 486 g/mol. The third-order valence-corrected chi connectivity index (χ3v) is 7.29. The number of pyridine rings is 1.